The summed E-state index contributed by atoms with van der Waals surface area (Å²) in [6.07, 6.45) is 1.86. The molecule has 0 aromatic carbocycles. The Morgan fingerprint density at radius 1 is 1.73 bits per heavy atom. The molecule has 0 saturated carbocycles. The maximum absolute atomic E-state index is 11.6. The number of hydrogen-bond acceptors (Lipinski definition) is 4. The van der Waals surface area contributed by atoms with Gasteiger partial charge in [-0.25, -0.2) is 4.79 Å². The number of nitrogens with zero attached hydrogens (tertiary/aromatic N) is 1. The molecular weight excluding hydrogens is 194 g/mol. The van der Waals surface area contributed by atoms with Crippen molar-refractivity contribution in [3.63, 3.8) is 0 Å². The monoisotopic (exact) mass is 207 g/mol. The fraction of sp³-hybridized carbons (Fsp3) is 0.455. The number of esters is 1. The summed E-state index contributed by atoms with van der Waals surface area (Å²) >= 11 is 0. The summed E-state index contributed by atoms with van der Waals surface area (Å²) in [5.41, 5.74) is -0.382. The molecule has 0 radical (unpaired) electrons. The topological polar surface area (TPSA) is 63.2 Å². The number of hydrogen-bond donors (Lipinski definition) is 0. The Balaban J connectivity index is 2.82. The third kappa shape index (κ3) is 2.38. The van der Waals surface area contributed by atoms with Crippen molar-refractivity contribution in [2.24, 2.45) is 0 Å². The van der Waals surface area contributed by atoms with Crippen LogP contribution in [0.1, 0.15) is 36.4 Å². The molecule has 0 N–H and O–H groups in total. The number of ether oxygens (including phenoxy) is 1. The number of carbonyl (C=O) groups is 1. The van der Waals surface area contributed by atoms with E-state index in [4.69, 9.17) is 14.4 Å². The summed E-state index contributed by atoms with van der Waals surface area (Å²) in [7, 11) is 0. The van der Waals surface area contributed by atoms with Crippen LogP contribution in [0.2, 0.25) is 0 Å². The highest BCUT2D eigenvalue weighted by molar-refractivity contribution is 5.88. The Kier molecular flexibility index (Phi) is 3.15. The maximum Gasteiger partial charge on any atom is 0.376 e. The molecule has 0 saturated heterocycles. The summed E-state index contributed by atoms with van der Waals surface area (Å²) < 4.78 is 10.0. The van der Waals surface area contributed by atoms with E-state index in [9.17, 15) is 4.79 Å². The molecule has 1 heterocycles. The fourth-order valence-electron chi connectivity index (χ4n) is 1.01. The second-order valence-electron chi connectivity index (χ2n) is 3.52. The Labute approximate surface area is 88.4 Å². The predicted octanol–water partition coefficient (Wildman–Crippen LogP) is 2.44. The largest absolute Gasteiger partial charge is 0.457 e. The smallest absolute Gasteiger partial charge is 0.376 e. The van der Waals surface area contributed by atoms with Crippen LogP contribution in [0, 0.1) is 18.3 Å². The van der Waals surface area contributed by atoms with Crippen LogP contribution in [-0.4, -0.2) is 11.6 Å². The van der Waals surface area contributed by atoms with Crippen molar-refractivity contribution in [3.05, 3.63) is 23.7 Å². The van der Waals surface area contributed by atoms with Gasteiger partial charge in [0, 0.05) is 5.56 Å². The molecule has 0 bridgehead atoms. The van der Waals surface area contributed by atoms with E-state index in [0.29, 0.717) is 12.0 Å². The van der Waals surface area contributed by atoms with Gasteiger partial charge in [0.05, 0.1) is 6.26 Å². The van der Waals surface area contributed by atoms with Crippen LogP contribution in [-0.2, 0) is 4.74 Å². The SMILES string of the molecule is CC[C@@](C)(C#N)OC(=O)c1occc1C. The van der Waals surface area contributed by atoms with E-state index in [0.717, 1.165) is 0 Å². The summed E-state index contributed by atoms with van der Waals surface area (Å²) in [6.45, 7) is 5.10. The molecule has 1 aromatic rings. The molecule has 0 aliphatic rings. The number of rotatable bonds is 3. The molecule has 4 nitrogen and oxygen atoms in total. The quantitative estimate of drug-likeness (QED) is 0.714. The van der Waals surface area contributed by atoms with Crippen LogP contribution >= 0.6 is 0 Å². The summed E-state index contributed by atoms with van der Waals surface area (Å²) in [6, 6.07) is 3.63. The second kappa shape index (κ2) is 4.18. The molecule has 1 aromatic heterocycles. The zero-order valence-electron chi connectivity index (χ0n) is 9.03. The zero-order chi connectivity index (χ0) is 11.5. The first kappa shape index (κ1) is 11.3. The normalized spacial score (nSPS) is 14.0. The van der Waals surface area contributed by atoms with Crippen molar-refractivity contribution in [1.82, 2.24) is 0 Å². The number of nitriles is 1. The highest BCUT2D eigenvalue weighted by atomic mass is 16.6. The third-order valence-electron chi connectivity index (χ3n) is 2.28. The van der Waals surface area contributed by atoms with Gasteiger partial charge < -0.3 is 9.15 Å². The Bertz CT molecular complexity index is 402. The predicted molar refractivity (Wildman–Crippen MR) is 53.2 cm³/mol. The molecule has 4 heteroatoms. The minimum Gasteiger partial charge on any atom is -0.457 e. The van der Waals surface area contributed by atoms with Gasteiger partial charge >= 0.3 is 5.97 Å². The molecule has 1 atom stereocenters. The van der Waals surface area contributed by atoms with Gasteiger partial charge in [0.15, 0.2) is 5.60 Å². The highest BCUT2D eigenvalue weighted by Gasteiger charge is 2.28. The number of carbonyl (C=O) groups excluding carboxylic acids is 1. The minimum atomic E-state index is -1.09. The van der Waals surface area contributed by atoms with Crippen LogP contribution < -0.4 is 0 Å². The highest BCUT2D eigenvalue weighted by Crippen LogP contribution is 2.18. The maximum atomic E-state index is 11.6. The van der Waals surface area contributed by atoms with Crippen LogP contribution in [0.4, 0.5) is 0 Å². The van der Waals surface area contributed by atoms with Gasteiger partial charge in [-0.15, -0.1) is 0 Å². The second-order valence-corrected chi connectivity index (χ2v) is 3.52. The Morgan fingerprint density at radius 2 is 2.40 bits per heavy atom. The first-order valence-corrected chi connectivity index (χ1v) is 4.71. The number of aryl methyl sites for hydroxylation is 1. The van der Waals surface area contributed by atoms with Gasteiger partial charge in [-0.05, 0) is 26.3 Å². The molecule has 0 aliphatic carbocycles. The minimum absolute atomic E-state index is 0.157. The molecule has 80 valence electrons. The van der Waals surface area contributed by atoms with Crippen molar-refractivity contribution >= 4 is 5.97 Å². The van der Waals surface area contributed by atoms with E-state index in [-0.39, 0.29) is 5.76 Å². The van der Waals surface area contributed by atoms with E-state index in [1.54, 1.807) is 26.8 Å². The van der Waals surface area contributed by atoms with E-state index in [1.807, 2.05) is 6.07 Å². The van der Waals surface area contributed by atoms with Crippen molar-refractivity contribution in [2.75, 3.05) is 0 Å². The molecule has 0 spiro atoms. The van der Waals surface area contributed by atoms with Crippen molar-refractivity contribution in [1.29, 1.82) is 5.26 Å². The molecular formula is C11H13NO3. The lowest BCUT2D eigenvalue weighted by Gasteiger charge is -2.19. The van der Waals surface area contributed by atoms with E-state index in [2.05, 4.69) is 0 Å². The zero-order valence-corrected chi connectivity index (χ0v) is 9.03. The van der Waals surface area contributed by atoms with Gasteiger partial charge in [-0.3, -0.25) is 0 Å². The van der Waals surface area contributed by atoms with Crippen molar-refractivity contribution < 1.29 is 13.9 Å². The summed E-state index contributed by atoms with van der Waals surface area (Å²) in [5, 5.41) is 8.84. The van der Waals surface area contributed by atoms with E-state index < -0.39 is 11.6 Å². The van der Waals surface area contributed by atoms with Crippen LogP contribution in [0.3, 0.4) is 0 Å². The summed E-state index contributed by atoms with van der Waals surface area (Å²) in [4.78, 5) is 11.6. The average molecular weight is 207 g/mol. The van der Waals surface area contributed by atoms with Gasteiger partial charge in [0.2, 0.25) is 5.76 Å². The van der Waals surface area contributed by atoms with Gasteiger partial charge in [-0.1, -0.05) is 6.92 Å². The lowest BCUT2D eigenvalue weighted by atomic mass is 10.1. The van der Waals surface area contributed by atoms with Crippen molar-refractivity contribution in [2.45, 2.75) is 32.8 Å². The van der Waals surface area contributed by atoms with Crippen molar-refractivity contribution in [3.8, 4) is 6.07 Å². The first-order chi connectivity index (χ1) is 7.02. The molecule has 15 heavy (non-hydrogen) atoms. The average Bonchev–Trinajstić information content (AvgIpc) is 2.64. The molecule has 0 amide bonds. The lowest BCUT2D eigenvalue weighted by molar-refractivity contribution is 0.00889. The van der Waals surface area contributed by atoms with Crippen LogP contribution in [0.15, 0.2) is 16.7 Å². The van der Waals surface area contributed by atoms with Crippen LogP contribution in [0.5, 0.6) is 0 Å². The Hall–Kier alpha value is -1.76. The standard InChI is InChI=1S/C11H13NO3/c1-4-11(3,7-12)15-10(13)9-8(2)5-6-14-9/h5-6H,4H2,1-3H3/t11-/m0/s1. The van der Waals surface area contributed by atoms with Gasteiger partial charge in [0.1, 0.15) is 6.07 Å². The summed E-state index contributed by atoms with van der Waals surface area (Å²) in [5.74, 6) is -0.437. The van der Waals surface area contributed by atoms with E-state index >= 15 is 0 Å². The van der Waals surface area contributed by atoms with Gasteiger partial charge in [-0.2, -0.15) is 5.26 Å². The number of furan rings is 1. The lowest BCUT2D eigenvalue weighted by Crippen LogP contribution is -2.29. The van der Waals surface area contributed by atoms with Gasteiger partial charge in [0.25, 0.3) is 0 Å². The fourth-order valence-corrected chi connectivity index (χ4v) is 1.01. The molecule has 0 aliphatic heterocycles. The third-order valence-corrected chi connectivity index (χ3v) is 2.28. The Morgan fingerprint density at radius 3 is 2.80 bits per heavy atom. The molecule has 0 fully saturated rings. The molecule has 1 rings (SSSR count). The first-order valence-electron chi connectivity index (χ1n) is 4.71. The van der Waals surface area contributed by atoms with Crippen LogP contribution in [0.25, 0.3) is 0 Å². The molecule has 0 unspecified atom stereocenters. The van der Waals surface area contributed by atoms with E-state index in [1.165, 1.54) is 6.26 Å².